The van der Waals surface area contributed by atoms with Gasteiger partial charge in [-0.15, -0.1) is 0 Å². The molecule has 1 saturated carbocycles. The van der Waals surface area contributed by atoms with E-state index in [0.717, 1.165) is 12.8 Å². The average Bonchev–Trinajstić information content (AvgIpc) is 2.88. The number of aromatic nitrogens is 3. The summed E-state index contributed by atoms with van der Waals surface area (Å²) >= 11 is 0. The normalized spacial score (nSPS) is 15.1. The Labute approximate surface area is 96.9 Å². The van der Waals surface area contributed by atoms with Gasteiger partial charge in [0.2, 0.25) is 11.7 Å². The van der Waals surface area contributed by atoms with Crippen LogP contribution in [0.4, 0.5) is 0 Å². The predicted octanol–water partition coefficient (Wildman–Crippen LogP) is 1.65. The highest BCUT2D eigenvalue weighted by molar-refractivity contribution is 5.86. The number of carboxylic acid groups (broad SMARTS) is 1. The summed E-state index contributed by atoms with van der Waals surface area (Å²) in [5.74, 6) is -0.535. The van der Waals surface area contributed by atoms with E-state index in [-0.39, 0.29) is 11.7 Å². The summed E-state index contributed by atoms with van der Waals surface area (Å²) < 4.78 is 6.94. The van der Waals surface area contributed by atoms with Gasteiger partial charge in [-0.05, 0) is 18.9 Å². The van der Waals surface area contributed by atoms with Gasteiger partial charge in [-0.2, -0.15) is 5.10 Å². The predicted molar refractivity (Wildman–Crippen MR) is 57.6 cm³/mol. The van der Waals surface area contributed by atoms with E-state index in [2.05, 4.69) is 10.1 Å². The standard InChI is InChI=1S/C11H11N3O3/c1-14-7(4-5-12-14)10-13-8(6-2-3-6)9(17-10)11(15)16/h4-6H,2-3H2,1H3,(H,15,16). The maximum Gasteiger partial charge on any atom is 0.373 e. The van der Waals surface area contributed by atoms with Crippen LogP contribution in [0.1, 0.15) is 35.0 Å². The van der Waals surface area contributed by atoms with Gasteiger partial charge in [0, 0.05) is 19.2 Å². The van der Waals surface area contributed by atoms with Crippen molar-refractivity contribution in [3.05, 3.63) is 23.7 Å². The maximum absolute atomic E-state index is 11.1. The van der Waals surface area contributed by atoms with Crippen LogP contribution in [0.2, 0.25) is 0 Å². The minimum Gasteiger partial charge on any atom is -0.475 e. The van der Waals surface area contributed by atoms with E-state index in [0.29, 0.717) is 17.3 Å². The number of rotatable bonds is 3. The van der Waals surface area contributed by atoms with Crippen molar-refractivity contribution in [1.82, 2.24) is 14.8 Å². The van der Waals surface area contributed by atoms with E-state index in [1.165, 1.54) is 0 Å². The van der Waals surface area contributed by atoms with Crippen molar-refractivity contribution in [2.75, 3.05) is 0 Å². The Balaban J connectivity index is 2.10. The molecule has 0 radical (unpaired) electrons. The molecular formula is C11H11N3O3. The smallest absolute Gasteiger partial charge is 0.373 e. The molecular weight excluding hydrogens is 222 g/mol. The highest BCUT2D eigenvalue weighted by Gasteiger charge is 2.34. The molecule has 1 fully saturated rings. The van der Waals surface area contributed by atoms with Gasteiger partial charge in [-0.1, -0.05) is 0 Å². The lowest BCUT2D eigenvalue weighted by Crippen LogP contribution is -1.98. The topological polar surface area (TPSA) is 81.2 Å². The molecule has 0 bridgehead atoms. The van der Waals surface area contributed by atoms with Crippen molar-refractivity contribution in [2.45, 2.75) is 18.8 Å². The van der Waals surface area contributed by atoms with Gasteiger partial charge in [-0.25, -0.2) is 9.78 Å². The van der Waals surface area contributed by atoms with Crippen LogP contribution in [0.5, 0.6) is 0 Å². The molecule has 3 rings (SSSR count). The molecule has 0 aromatic carbocycles. The van der Waals surface area contributed by atoms with Crippen LogP contribution >= 0.6 is 0 Å². The molecule has 2 heterocycles. The maximum atomic E-state index is 11.1. The van der Waals surface area contributed by atoms with Crippen LogP contribution in [0.25, 0.3) is 11.6 Å². The van der Waals surface area contributed by atoms with Crippen molar-refractivity contribution in [3.8, 4) is 11.6 Å². The quantitative estimate of drug-likeness (QED) is 0.871. The fourth-order valence-electron chi connectivity index (χ4n) is 1.81. The summed E-state index contributed by atoms with van der Waals surface area (Å²) in [7, 11) is 1.76. The van der Waals surface area contributed by atoms with Crippen LogP contribution < -0.4 is 0 Å². The molecule has 0 unspecified atom stereocenters. The molecule has 6 nitrogen and oxygen atoms in total. The zero-order valence-electron chi connectivity index (χ0n) is 9.25. The van der Waals surface area contributed by atoms with E-state index in [9.17, 15) is 4.79 Å². The first-order valence-corrected chi connectivity index (χ1v) is 5.39. The molecule has 1 N–H and O–H groups in total. The minimum atomic E-state index is -1.06. The van der Waals surface area contributed by atoms with E-state index < -0.39 is 5.97 Å². The number of carbonyl (C=O) groups is 1. The molecule has 0 saturated heterocycles. The Hall–Kier alpha value is -2.11. The molecule has 1 aliphatic carbocycles. The molecule has 1 aliphatic rings. The fourth-order valence-corrected chi connectivity index (χ4v) is 1.81. The number of carboxylic acids is 1. The fraction of sp³-hybridized carbons (Fsp3) is 0.364. The third kappa shape index (κ3) is 1.61. The van der Waals surface area contributed by atoms with Crippen molar-refractivity contribution in [1.29, 1.82) is 0 Å². The molecule has 2 aromatic heterocycles. The highest BCUT2D eigenvalue weighted by atomic mass is 16.4. The second-order valence-electron chi connectivity index (χ2n) is 4.15. The van der Waals surface area contributed by atoms with Gasteiger partial charge < -0.3 is 9.52 Å². The number of oxazole rings is 1. The minimum absolute atomic E-state index is 0.0382. The first-order valence-electron chi connectivity index (χ1n) is 5.39. The third-order valence-electron chi connectivity index (χ3n) is 2.85. The lowest BCUT2D eigenvalue weighted by Gasteiger charge is -1.94. The molecule has 88 valence electrons. The molecule has 0 aliphatic heterocycles. The van der Waals surface area contributed by atoms with Gasteiger partial charge >= 0.3 is 5.97 Å². The average molecular weight is 233 g/mol. The largest absolute Gasteiger partial charge is 0.475 e. The van der Waals surface area contributed by atoms with E-state index in [1.54, 1.807) is 24.0 Å². The van der Waals surface area contributed by atoms with Crippen LogP contribution in [0.3, 0.4) is 0 Å². The van der Waals surface area contributed by atoms with Crippen LogP contribution in [-0.2, 0) is 7.05 Å². The second-order valence-corrected chi connectivity index (χ2v) is 4.15. The zero-order valence-corrected chi connectivity index (χ0v) is 9.25. The van der Waals surface area contributed by atoms with Gasteiger partial charge in [0.05, 0.1) is 5.69 Å². The van der Waals surface area contributed by atoms with Crippen molar-refractivity contribution >= 4 is 5.97 Å². The summed E-state index contributed by atoms with van der Waals surface area (Å²) in [5, 5.41) is 13.1. The summed E-state index contributed by atoms with van der Waals surface area (Å²) in [5.41, 5.74) is 1.24. The number of hydrogen-bond donors (Lipinski definition) is 1. The van der Waals surface area contributed by atoms with Gasteiger partial charge in [0.25, 0.3) is 0 Å². The van der Waals surface area contributed by atoms with Crippen LogP contribution in [0, 0.1) is 0 Å². The summed E-state index contributed by atoms with van der Waals surface area (Å²) in [6.07, 6.45) is 3.59. The summed E-state index contributed by atoms with van der Waals surface area (Å²) in [4.78, 5) is 15.4. The Morgan fingerprint density at radius 3 is 2.88 bits per heavy atom. The van der Waals surface area contributed by atoms with Crippen LogP contribution in [-0.4, -0.2) is 25.8 Å². The Bertz CT molecular complexity index is 581. The van der Waals surface area contributed by atoms with Crippen LogP contribution in [0.15, 0.2) is 16.7 Å². The zero-order chi connectivity index (χ0) is 12.0. The Morgan fingerprint density at radius 1 is 1.59 bits per heavy atom. The second kappa shape index (κ2) is 3.44. The van der Waals surface area contributed by atoms with Crippen molar-refractivity contribution in [3.63, 3.8) is 0 Å². The third-order valence-corrected chi connectivity index (χ3v) is 2.85. The van der Waals surface area contributed by atoms with E-state index >= 15 is 0 Å². The highest BCUT2D eigenvalue weighted by Crippen LogP contribution is 2.42. The first kappa shape index (κ1) is 10.1. The molecule has 0 atom stereocenters. The first-order chi connectivity index (χ1) is 8.16. The summed E-state index contributed by atoms with van der Waals surface area (Å²) in [6, 6.07) is 1.74. The number of nitrogens with zero attached hydrogens (tertiary/aromatic N) is 3. The van der Waals surface area contributed by atoms with Crippen molar-refractivity contribution in [2.24, 2.45) is 7.05 Å². The van der Waals surface area contributed by atoms with Gasteiger partial charge in [0.1, 0.15) is 5.69 Å². The lowest BCUT2D eigenvalue weighted by molar-refractivity contribution is 0.0661. The van der Waals surface area contributed by atoms with E-state index in [4.69, 9.17) is 9.52 Å². The SMILES string of the molecule is Cn1nccc1-c1nc(C2CC2)c(C(=O)O)o1. The number of aryl methyl sites for hydroxylation is 1. The Morgan fingerprint density at radius 2 is 2.35 bits per heavy atom. The Kier molecular flexibility index (Phi) is 2.04. The molecule has 0 spiro atoms. The van der Waals surface area contributed by atoms with Gasteiger partial charge in [-0.3, -0.25) is 4.68 Å². The lowest BCUT2D eigenvalue weighted by atomic mass is 10.2. The summed E-state index contributed by atoms with van der Waals surface area (Å²) in [6.45, 7) is 0. The van der Waals surface area contributed by atoms with E-state index in [1.807, 2.05) is 0 Å². The van der Waals surface area contributed by atoms with Crippen molar-refractivity contribution < 1.29 is 14.3 Å². The van der Waals surface area contributed by atoms with Gasteiger partial charge in [0.15, 0.2) is 0 Å². The monoisotopic (exact) mass is 233 g/mol. The molecule has 17 heavy (non-hydrogen) atoms. The number of hydrogen-bond acceptors (Lipinski definition) is 4. The molecule has 0 amide bonds. The molecule has 2 aromatic rings. The number of aromatic carboxylic acids is 1. The molecule has 6 heteroatoms.